The lowest BCUT2D eigenvalue weighted by molar-refractivity contribution is 0.0958. The summed E-state index contributed by atoms with van der Waals surface area (Å²) in [6.45, 7) is 0.309. The predicted octanol–water partition coefficient (Wildman–Crippen LogP) is 2.41. The monoisotopic (exact) mass is 390 g/mol. The molecule has 1 heterocycles. The molecule has 0 spiro atoms. The van der Waals surface area contributed by atoms with Gasteiger partial charge in [0.1, 0.15) is 14.7 Å². The highest BCUT2D eigenvalue weighted by Gasteiger charge is 2.16. The first-order valence-electron chi connectivity index (χ1n) is 6.21. The molecule has 0 unspecified atom stereocenters. The average molecular weight is 391 g/mol. The van der Waals surface area contributed by atoms with Crippen molar-refractivity contribution in [1.29, 1.82) is 0 Å². The van der Waals surface area contributed by atoms with E-state index < -0.39 is 9.84 Å². The fraction of sp³-hybridized carbons (Fsp3) is 0.308. The number of fused-ring (bicyclic) bond motifs is 1. The summed E-state index contributed by atoms with van der Waals surface area (Å²) in [4.78, 5) is 12.6. The van der Waals surface area contributed by atoms with Crippen LogP contribution in [-0.4, -0.2) is 32.9 Å². The van der Waals surface area contributed by atoms with Crippen LogP contribution in [0.15, 0.2) is 22.7 Å². The highest BCUT2D eigenvalue weighted by molar-refractivity contribution is 9.10. The first kappa shape index (κ1) is 16.3. The second-order valence-corrected chi connectivity index (χ2v) is 8.95. The molecule has 1 aromatic carbocycles. The van der Waals surface area contributed by atoms with Gasteiger partial charge in [-0.3, -0.25) is 4.79 Å². The molecule has 1 aromatic heterocycles. The van der Waals surface area contributed by atoms with Crippen LogP contribution in [0.5, 0.6) is 0 Å². The van der Waals surface area contributed by atoms with E-state index in [2.05, 4.69) is 21.2 Å². The van der Waals surface area contributed by atoms with Crippen LogP contribution in [-0.2, 0) is 9.84 Å². The second kappa shape index (κ2) is 6.33. The van der Waals surface area contributed by atoms with E-state index in [9.17, 15) is 13.2 Å². The van der Waals surface area contributed by atoms with E-state index in [0.29, 0.717) is 23.5 Å². The Labute approximate surface area is 135 Å². The van der Waals surface area contributed by atoms with E-state index in [1.165, 1.54) is 17.6 Å². The number of anilines is 1. The highest BCUT2D eigenvalue weighted by atomic mass is 79.9. The molecular formula is C13H15BrN2O3S2. The van der Waals surface area contributed by atoms with Crippen molar-refractivity contribution in [3.8, 4) is 0 Å². The third kappa shape index (κ3) is 4.18. The third-order valence-corrected chi connectivity index (χ3v) is 5.56. The molecule has 0 bridgehead atoms. The molecule has 0 aliphatic rings. The summed E-state index contributed by atoms with van der Waals surface area (Å²) in [5.41, 5.74) is 6.46. The van der Waals surface area contributed by atoms with Crippen LogP contribution in [0, 0.1) is 0 Å². The Hall–Kier alpha value is -1.12. The molecule has 3 N–H and O–H groups in total. The van der Waals surface area contributed by atoms with E-state index in [-0.39, 0.29) is 11.7 Å². The van der Waals surface area contributed by atoms with Gasteiger partial charge in [-0.25, -0.2) is 8.42 Å². The molecule has 8 heteroatoms. The van der Waals surface area contributed by atoms with E-state index in [0.717, 1.165) is 14.6 Å². The zero-order valence-corrected chi connectivity index (χ0v) is 14.6. The molecule has 0 saturated carbocycles. The number of benzene rings is 1. The molecule has 0 aliphatic carbocycles. The summed E-state index contributed by atoms with van der Waals surface area (Å²) < 4.78 is 23.9. The molecule has 0 radical (unpaired) electrons. The van der Waals surface area contributed by atoms with E-state index in [4.69, 9.17) is 5.73 Å². The number of thiophene rings is 1. The van der Waals surface area contributed by atoms with Gasteiger partial charge in [-0.05, 0) is 18.6 Å². The van der Waals surface area contributed by atoms with Crippen LogP contribution >= 0.6 is 27.3 Å². The molecule has 21 heavy (non-hydrogen) atoms. The van der Waals surface area contributed by atoms with E-state index in [1.807, 2.05) is 18.2 Å². The molecule has 114 valence electrons. The maximum atomic E-state index is 12.1. The maximum Gasteiger partial charge on any atom is 0.263 e. The average Bonchev–Trinajstić information content (AvgIpc) is 2.70. The van der Waals surface area contributed by atoms with Crippen LogP contribution in [0.25, 0.3) is 10.1 Å². The summed E-state index contributed by atoms with van der Waals surface area (Å²) in [6.07, 6.45) is 1.57. The fourth-order valence-corrected chi connectivity index (χ4v) is 4.14. The molecular weight excluding hydrogens is 376 g/mol. The van der Waals surface area contributed by atoms with Crippen LogP contribution in [0.1, 0.15) is 16.1 Å². The number of carbonyl (C=O) groups excluding carboxylic acids is 1. The van der Waals surface area contributed by atoms with Crippen molar-refractivity contribution in [3.05, 3.63) is 27.5 Å². The van der Waals surface area contributed by atoms with Gasteiger partial charge in [0, 0.05) is 27.4 Å². The molecule has 5 nitrogen and oxygen atoms in total. The lowest BCUT2D eigenvalue weighted by Gasteiger charge is -2.03. The van der Waals surface area contributed by atoms with Gasteiger partial charge in [-0.1, -0.05) is 22.0 Å². The van der Waals surface area contributed by atoms with Gasteiger partial charge in [-0.2, -0.15) is 0 Å². The fourth-order valence-electron chi connectivity index (χ4n) is 1.88. The van der Waals surface area contributed by atoms with E-state index in [1.54, 1.807) is 0 Å². The summed E-state index contributed by atoms with van der Waals surface area (Å²) in [5, 5.41) is 3.55. The Morgan fingerprint density at radius 1 is 1.43 bits per heavy atom. The number of nitrogen functional groups attached to an aromatic ring is 1. The molecule has 0 fully saturated rings. The Balaban J connectivity index is 2.07. The topological polar surface area (TPSA) is 89.3 Å². The normalized spacial score (nSPS) is 11.7. The molecule has 2 aromatic rings. The lowest BCUT2D eigenvalue weighted by atomic mass is 10.2. The number of amides is 1. The molecule has 0 saturated heterocycles. The van der Waals surface area contributed by atoms with Crippen molar-refractivity contribution >= 4 is 58.8 Å². The SMILES string of the molecule is CS(=O)(=O)CCCNC(=O)c1sc2cc(Br)ccc2c1N. The van der Waals surface area contributed by atoms with Crippen molar-refractivity contribution in [1.82, 2.24) is 5.32 Å². The number of nitrogens with two attached hydrogens (primary N) is 1. The first-order valence-corrected chi connectivity index (χ1v) is 9.88. The quantitative estimate of drug-likeness (QED) is 0.766. The zero-order chi connectivity index (χ0) is 15.6. The molecule has 0 atom stereocenters. The number of halogens is 1. The number of nitrogens with one attached hydrogen (secondary N) is 1. The Kier molecular flexibility index (Phi) is 4.90. The molecule has 1 amide bonds. The predicted molar refractivity (Wildman–Crippen MR) is 90.6 cm³/mol. The maximum absolute atomic E-state index is 12.1. The minimum absolute atomic E-state index is 0.0577. The van der Waals surface area contributed by atoms with Gasteiger partial charge < -0.3 is 11.1 Å². The van der Waals surface area contributed by atoms with Gasteiger partial charge in [0.2, 0.25) is 0 Å². The van der Waals surface area contributed by atoms with Crippen LogP contribution in [0.3, 0.4) is 0 Å². The Morgan fingerprint density at radius 2 is 2.14 bits per heavy atom. The lowest BCUT2D eigenvalue weighted by Crippen LogP contribution is -2.25. The summed E-state index contributed by atoms with van der Waals surface area (Å²) in [7, 11) is -3.00. The van der Waals surface area contributed by atoms with Crippen LogP contribution < -0.4 is 11.1 Å². The summed E-state index contributed by atoms with van der Waals surface area (Å²) in [6, 6.07) is 5.65. The summed E-state index contributed by atoms with van der Waals surface area (Å²) in [5.74, 6) is -0.208. The van der Waals surface area contributed by atoms with Gasteiger partial charge in [0.25, 0.3) is 5.91 Å². The molecule has 0 aliphatic heterocycles. The van der Waals surface area contributed by atoms with Gasteiger partial charge in [0.05, 0.1) is 11.4 Å². The van der Waals surface area contributed by atoms with Crippen molar-refractivity contribution < 1.29 is 13.2 Å². The number of hydrogen-bond acceptors (Lipinski definition) is 5. The van der Waals surface area contributed by atoms with Crippen LogP contribution in [0.4, 0.5) is 5.69 Å². The van der Waals surface area contributed by atoms with Crippen molar-refractivity contribution in [2.45, 2.75) is 6.42 Å². The Morgan fingerprint density at radius 3 is 2.81 bits per heavy atom. The second-order valence-electron chi connectivity index (χ2n) is 4.72. The highest BCUT2D eigenvalue weighted by Crippen LogP contribution is 2.35. The van der Waals surface area contributed by atoms with Gasteiger partial charge >= 0.3 is 0 Å². The van der Waals surface area contributed by atoms with Crippen molar-refractivity contribution in [2.75, 3.05) is 24.3 Å². The van der Waals surface area contributed by atoms with Gasteiger partial charge in [0.15, 0.2) is 0 Å². The minimum Gasteiger partial charge on any atom is -0.397 e. The number of rotatable bonds is 5. The standard InChI is InChI=1S/C13H15BrN2O3S2/c1-21(18,19)6-2-5-16-13(17)12-11(15)9-4-3-8(14)7-10(9)20-12/h3-4,7H,2,5-6,15H2,1H3,(H,16,17). The summed E-state index contributed by atoms with van der Waals surface area (Å²) >= 11 is 4.71. The van der Waals surface area contributed by atoms with Crippen molar-refractivity contribution in [2.24, 2.45) is 0 Å². The van der Waals surface area contributed by atoms with Crippen molar-refractivity contribution in [3.63, 3.8) is 0 Å². The zero-order valence-electron chi connectivity index (χ0n) is 11.3. The minimum atomic E-state index is -3.00. The first-order chi connectivity index (χ1) is 9.78. The number of carbonyl (C=O) groups is 1. The number of hydrogen-bond donors (Lipinski definition) is 2. The number of sulfone groups is 1. The smallest absolute Gasteiger partial charge is 0.263 e. The Bertz CT molecular complexity index is 784. The van der Waals surface area contributed by atoms with Crippen LogP contribution in [0.2, 0.25) is 0 Å². The van der Waals surface area contributed by atoms with E-state index >= 15 is 0 Å². The molecule has 2 rings (SSSR count). The largest absolute Gasteiger partial charge is 0.397 e. The third-order valence-electron chi connectivity index (χ3n) is 2.87. The van der Waals surface area contributed by atoms with Gasteiger partial charge in [-0.15, -0.1) is 11.3 Å².